The fraction of sp³-hybridized carbons (Fsp3) is 0.308. The van der Waals surface area contributed by atoms with E-state index in [1.54, 1.807) is 22.9 Å². The van der Waals surface area contributed by atoms with Crippen LogP contribution >= 0.6 is 0 Å². The van der Waals surface area contributed by atoms with Crippen LogP contribution in [0, 0.1) is 5.82 Å². The summed E-state index contributed by atoms with van der Waals surface area (Å²) in [4.78, 5) is 37.6. The molecule has 1 aliphatic rings. The Morgan fingerprint density at radius 1 is 1.09 bits per heavy atom. The number of benzene rings is 2. The molecule has 1 atom stereocenters. The minimum Gasteiger partial charge on any atom is -0.490 e. The van der Waals surface area contributed by atoms with Gasteiger partial charge >= 0.3 is 0 Å². The van der Waals surface area contributed by atoms with Crippen molar-refractivity contribution in [2.45, 2.75) is 18.6 Å². The normalized spacial score (nSPS) is 17.6. The maximum Gasteiger partial charge on any atom is 0.291 e. The van der Waals surface area contributed by atoms with Gasteiger partial charge in [-0.15, -0.1) is 0 Å². The first kappa shape index (κ1) is 24.3. The van der Waals surface area contributed by atoms with Crippen LogP contribution in [0.4, 0.5) is 4.39 Å². The summed E-state index contributed by atoms with van der Waals surface area (Å²) in [5.74, 6) is -0.352. The van der Waals surface area contributed by atoms with Crippen molar-refractivity contribution in [3.63, 3.8) is 0 Å². The van der Waals surface area contributed by atoms with E-state index in [-0.39, 0.29) is 49.6 Å². The summed E-state index contributed by atoms with van der Waals surface area (Å²) in [6.07, 6.45) is 3.01. The van der Waals surface area contributed by atoms with Crippen LogP contribution in [0.5, 0.6) is 5.75 Å². The summed E-state index contributed by atoms with van der Waals surface area (Å²) in [6.45, 7) is 1.12. The molecule has 2 heterocycles. The van der Waals surface area contributed by atoms with Gasteiger partial charge in [-0.05, 0) is 35.9 Å². The number of hydrogen-bond donors (Lipinski definition) is 0. The maximum atomic E-state index is 13.3. The first-order chi connectivity index (χ1) is 16.9. The molecule has 0 N–H and O–H groups in total. The van der Waals surface area contributed by atoms with E-state index in [1.807, 2.05) is 30.3 Å². The Bertz CT molecular complexity index is 1130. The van der Waals surface area contributed by atoms with Crippen LogP contribution in [0.15, 0.2) is 73.1 Å². The number of morpholine rings is 1. The lowest BCUT2D eigenvalue weighted by atomic mass is 9.96. The van der Waals surface area contributed by atoms with Gasteiger partial charge in [-0.3, -0.25) is 9.59 Å². The minimum atomic E-state index is -1.10. The fourth-order valence-electron chi connectivity index (χ4n) is 3.92. The second-order valence-electron chi connectivity index (χ2n) is 8.49. The average molecular weight is 479 g/mol. The van der Waals surface area contributed by atoms with Gasteiger partial charge in [0.25, 0.3) is 5.91 Å². The van der Waals surface area contributed by atoms with Crippen molar-refractivity contribution < 1.29 is 23.5 Å². The Hall–Kier alpha value is -3.85. The van der Waals surface area contributed by atoms with E-state index < -0.39 is 5.60 Å². The molecular formula is C26H27FN4O4. The fourth-order valence-corrected chi connectivity index (χ4v) is 3.92. The molecule has 1 fully saturated rings. The van der Waals surface area contributed by atoms with E-state index in [9.17, 15) is 14.0 Å². The van der Waals surface area contributed by atoms with Gasteiger partial charge in [-0.25, -0.2) is 14.4 Å². The van der Waals surface area contributed by atoms with E-state index in [0.717, 1.165) is 5.56 Å². The van der Waals surface area contributed by atoms with Gasteiger partial charge in [-0.2, -0.15) is 0 Å². The largest absolute Gasteiger partial charge is 0.490 e. The summed E-state index contributed by atoms with van der Waals surface area (Å²) < 4.78 is 25.3. The number of aromatic nitrogens is 2. The summed E-state index contributed by atoms with van der Waals surface area (Å²) >= 11 is 0. The van der Waals surface area contributed by atoms with E-state index >= 15 is 0 Å². The lowest BCUT2D eigenvalue weighted by Gasteiger charge is -2.42. The molecule has 1 aromatic heterocycles. The maximum absolute atomic E-state index is 13.3. The third-order valence-corrected chi connectivity index (χ3v) is 5.77. The van der Waals surface area contributed by atoms with E-state index in [0.29, 0.717) is 18.8 Å². The van der Waals surface area contributed by atoms with Crippen molar-refractivity contribution in [1.82, 2.24) is 19.8 Å². The predicted molar refractivity (Wildman–Crippen MR) is 126 cm³/mol. The zero-order chi connectivity index (χ0) is 24.7. The number of carbonyl (C=O) groups is 2. The third kappa shape index (κ3) is 6.39. The molecule has 0 saturated carbocycles. The molecule has 0 unspecified atom stereocenters. The van der Waals surface area contributed by atoms with Gasteiger partial charge in [0.1, 0.15) is 23.8 Å². The molecule has 0 radical (unpaired) electrons. The minimum absolute atomic E-state index is 0.00295. The molecule has 0 bridgehead atoms. The third-order valence-electron chi connectivity index (χ3n) is 5.77. The smallest absolute Gasteiger partial charge is 0.291 e. The molecule has 35 heavy (non-hydrogen) atoms. The van der Waals surface area contributed by atoms with Crippen LogP contribution in [-0.4, -0.2) is 70.5 Å². The standard InChI is InChI=1S/C26H27FN4O4/c1-30(17-20-6-3-2-4-7-20)23(32)16-26(19-34-22-10-8-21(27)9-11-22)18-31(14-15-35-26)25(33)24-28-12-5-13-29-24/h2-13H,14-19H2,1H3/t26-/m1/s1. The molecule has 9 heteroatoms. The van der Waals surface area contributed by atoms with Crippen molar-refractivity contribution in [2.24, 2.45) is 0 Å². The van der Waals surface area contributed by atoms with E-state index in [4.69, 9.17) is 9.47 Å². The molecule has 1 aliphatic heterocycles. The van der Waals surface area contributed by atoms with Crippen LogP contribution in [0.2, 0.25) is 0 Å². The Morgan fingerprint density at radius 3 is 2.51 bits per heavy atom. The molecule has 8 nitrogen and oxygen atoms in total. The zero-order valence-electron chi connectivity index (χ0n) is 19.5. The zero-order valence-corrected chi connectivity index (χ0v) is 19.5. The van der Waals surface area contributed by atoms with E-state index in [1.165, 1.54) is 36.7 Å². The number of ether oxygens (including phenoxy) is 2. The molecule has 182 valence electrons. The van der Waals surface area contributed by atoms with Crippen LogP contribution in [0.1, 0.15) is 22.6 Å². The van der Waals surface area contributed by atoms with E-state index in [2.05, 4.69) is 9.97 Å². The number of rotatable bonds is 8. The monoisotopic (exact) mass is 478 g/mol. The molecule has 0 spiro atoms. The topological polar surface area (TPSA) is 84.9 Å². The molecule has 0 aliphatic carbocycles. The van der Waals surface area contributed by atoms with Gasteiger partial charge in [0, 0.05) is 32.5 Å². The SMILES string of the molecule is CN(Cc1ccccc1)C(=O)C[C@]1(COc2ccc(F)cc2)CN(C(=O)c2ncccn2)CCO1. The number of nitrogens with zero attached hydrogens (tertiary/aromatic N) is 4. The number of halogens is 1. The summed E-state index contributed by atoms with van der Waals surface area (Å²) in [7, 11) is 1.73. The lowest BCUT2D eigenvalue weighted by molar-refractivity contribution is -0.152. The predicted octanol–water partition coefficient (Wildman–Crippen LogP) is 2.95. The van der Waals surface area contributed by atoms with Crippen LogP contribution in [-0.2, 0) is 16.1 Å². The van der Waals surface area contributed by atoms with Gasteiger partial charge in [0.05, 0.1) is 19.6 Å². The molecule has 1 saturated heterocycles. The number of hydrogen-bond acceptors (Lipinski definition) is 6. The van der Waals surface area contributed by atoms with Gasteiger partial charge in [0.15, 0.2) is 0 Å². The second-order valence-corrected chi connectivity index (χ2v) is 8.49. The summed E-state index contributed by atoms with van der Waals surface area (Å²) in [5.41, 5.74) is -0.0957. The highest BCUT2D eigenvalue weighted by molar-refractivity contribution is 5.90. The van der Waals surface area contributed by atoms with Crippen molar-refractivity contribution in [3.05, 3.63) is 90.3 Å². The number of amides is 2. The molecule has 2 aromatic carbocycles. The number of carbonyl (C=O) groups excluding carboxylic acids is 2. The molecule has 2 amide bonds. The first-order valence-corrected chi connectivity index (χ1v) is 11.3. The first-order valence-electron chi connectivity index (χ1n) is 11.3. The summed E-state index contributed by atoms with van der Waals surface area (Å²) in [6, 6.07) is 16.9. The van der Waals surface area contributed by atoms with Crippen LogP contribution in [0.25, 0.3) is 0 Å². The summed E-state index contributed by atoms with van der Waals surface area (Å²) in [5, 5.41) is 0. The highest BCUT2D eigenvalue weighted by Gasteiger charge is 2.42. The van der Waals surface area contributed by atoms with Gasteiger partial charge < -0.3 is 19.3 Å². The van der Waals surface area contributed by atoms with Gasteiger partial charge in [0.2, 0.25) is 11.7 Å². The van der Waals surface area contributed by atoms with Crippen molar-refractivity contribution in [3.8, 4) is 5.75 Å². The average Bonchev–Trinajstić information content (AvgIpc) is 2.89. The Morgan fingerprint density at radius 2 is 1.80 bits per heavy atom. The van der Waals surface area contributed by atoms with Crippen molar-refractivity contribution in [1.29, 1.82) is 0 Å². The molecule has 3 aromatic rings. The van der Waals surface area contributed by atoms with Gasteiger partial charge in [-0.1, -0.05) is 30.3 Å². The quantitative estimate of drug-likeness (QED) is 0.495. The van der Waals surface area contributed by atoms with Crippen molar-refractivity contribution in [2.75, 3.05) is 33.4 Å². The Labute approximate surface area is 203 Å². The highest BCUT2D eigenvalue weighted by Crippen LogP contribution is 2.26. The van der Waals surface area contributed by atoms with Crippen molar-refractivity contribution >= 4 is 11.8 Å². The molecule has 4 rings (SSSR count). The molecular weight excluding hydrogens is 451 g/mol. The van der Waals surface area contributed by atoms with Crippen LogP contribution < -0.4 is 4.74 Å². The Balaban J connectivity index is 1.51. The lowest BCUT2D eigenvalue weighted by Crippen LogP contribution is -2.58. The van der Waals surface area contributed by atoms with Crippen LogP contribution in [0.3, 0.4) is 0 Å². The highest BCUT2D eigenvalue weighted by atomic mass is 19.1. The second kappa shape index (κ2) is 11.1. The Kier molecular flexibility index (Phi) is 7.67.